The second-order valence-electron chi connectivity index (χ2n) is 4.87. The first-order chi connectivity index (χ1) is 10.0. The summed E-state index contributed by atoms with van der Waals surface area (Å²) in [6.07, 6.45) is 1.95. The summed E-state index contributed by atoms with van der Waals surface area (Å²) >= 11 is 0. The van der Waals surface area contributed by atoms with E-state index in [1.807, 2.05) is 36.4 Å². The summed E-state index contributed by atoms with van der Waals surface area (Å²) in [5, 5.41) is 3.84. The Morgan fingerprint density at radius 3 is 2.32 bits per heavy atom. The van der Waals surface area contributed by atoms with Crippen molar-refractivity contribution in [1.29, 1.82) is 0 Å². The van der Waals surface area contributed by atoms with Crippen LogP contribution in [0.2, 0.25) is 0 Å². The normalized spacial score (nSPS) is 11.3. The number of hydrogen-bond acceptors (Lipinski definition) is 3. The number of benzene rings is 3. The van der Waals surface area contributed by atoms with Gasteiger partial charge in [-0.25, -0.2) is 8.42 Å². The number of fused-ring (bicyclic) bond motifs is 3. The van der Waals surface area contributed by atoms with Crippen molar-refractivity contribution in [3.63, 3.8) is 0 Å². The molecule has 0 aliphatic carbocycles. The van der Waals surface area contributed by atoms with Gasteiger partial charge in [0.15, 0.2) is 0 Å². The first-order valence-electron chi connectivity index (χ1n) is 6.52. The van der Waals surface area contributed by atoms with E-state index in [9.17, 15) is 13.0 Å². The van der Waals surface area contributed by atoms with Gasteiger partial charge in [0.1, 0.15) is 10.1 Å². The van der Waals surface area contributed by atoms with Gasteiger partial charge in [-0.05, 0) is 39.6 Å². The van der Waals surface area contributed by atoms with E-state index in [1.165, 1.54) is 6.07 Å². The van der Waals surface area contributed by atoms with E-state index in [4.69, 9.17) is 0 Å². The van der Waals surface area contributed by atoms with E-state index in [0.29, 0.717) is 12.0 Å². The molecule has 5 heteroatoms. The number of rotatable bonds is 3. The maximum atomic E-state index is 11.4. The Hall–Kier alpha value is -0.365. The van der Waals surface area contributed by atoms with Crippen LogP contribution < -0.4 is 58.2 Å². The first-order valence-corrected chi connectivity index (χ1v) is 7.93. The van der Waals surface area contributed by atoms with Crippen molar-refractivity contribution in [1.82, 2.24) is 0 Å². The van der Waals surface area contributed by atoms with Crippen LogP contribution in [-0.4, -0.2) is 13.0 Å². The van der Waals surface area contributed by atoms with Crippen LogP contribution in [0.4, 0.5) is 0 Å². The van der Waals surface area contributed by atoms with E-state index >= 15 is 0 Å². The van der Waals surface area contributed by atoms with Crippen molar-refractivity contribution in [2.24, 2.45) is 0 Å². The van der Waals surface area contributed by atoms with Gasteiger partial charge in [-0.3, -0.25) is 0 Å². The molecule has 3 aromatic rings. The van der Waals surface area contributed by atoms with Crippen LogP contribution in [0.3, 0.4) is 0 Å². The van der Waals surface area contributed by atoms with Crippen molar-refractivity contribution in [2.75, 3.05) is 0 Å². The van der Waals surface area contributed by atoms with Gasteiger partial charge in [-0.1, -0.05) is 48.5 Å². The Labute approximate surface area is 178 Å². The quantitative estimate of drug-likeness (QED) is 0.379. The Bertz CT molecular complexity index is 962. The Kier molecular flexibility index (Phi) is 5.75. The molecule has 22 heavy (non-hydrogen) atoms. The standard InChI is InChI=1S/C17H14O3S.Rb/c1-2-5-16-15-9-8-12-6-3-4-7-13(12)14(15)10-11-17(16)21(18,19)20;/h2-4,6-11H,1,5H2,(H,18,19,20);/q;+1/p-1. The third-order valence-corrected chi connectivity index (χ3v) is 4.53. The molecule has 0 radical (unpaired) electrons. The molecule has 0 atom stereocenters. The maximum Gasteiger partial charge on any atom is 1.00 e. The Morgan fingerprint density at radius 1 is 0.955 bits per heavy atom. The van der Waals surface area contributed by atoms with Crippen molar-refractivity contribution < 1.29 is 71.2 Å². The molecule has 0 saturated heterocycles. The molecule has 3 aromatic carbocycles. The van der Waals surface area contributed by atoms with Gasteiger partial charge in [0, 0.05) is 0 Å². The van der Waals surface area contributed by atoms with Crippen LogP contribution in [-0.2, 0) is 16.5 Å². The molecule has 0 unspecified atom stereocenters. The summed E-state index contributed by atoms with van der Waals surface area (Å²) in [5.41, 5.74) is 0.517. The Balaban J connectivity index is 0.00000176. The Morgan fingerprint density at radius 2 is 1.64 bits per heavy atom. The van der Waals surface area contributed by atoms with E-state index in [1.54, 1.807) is 12.1 Å². The van der Waals surface area contributed by atoms with Gasteiger partial charge in [-0.2, -0.15) is 0 Å². The van der Waals surface area contributed by atoms with Crippen LogP contribution in [0.5, 0.6) is 0 Å². The molecule has 0 heterocycles. The zero-order valence-corrected chi connectivity index (χ0v) is 18.0. The third kappa shape index (κ3) is 3.27. The molecule has 0 aromatic heterocycles. The summed E-state index contributed by atoms with van der Waals surface area (Å²) in [4.78, 5) is -0.162. The molecule has 0 fully saturated rings. The van der Waals surface area contributed by atoms with Crippen molar-refractivity contribution in [3.8, 4) is 0 Å². The molecule has 0 aliphatic heterocycles. The molecule has 0 amide bonds. The molecule has 0 aliphatic rings. The van der Waals surface area contributed by atoms with Gasteiger partial charge < -0.3 is 4.55 Å². The van der Waals surface area contributed by atoms with Crippen molar-refractivity contribution in [2.45, 2.75) is 11.3 Å². The number of allylic oxidation sites excluding steroid dienone is 1. The van der Waals surface area contributed by atoms with Gasteiger partial charge in [-0.15, -0.1) is 6.58 Å². The molecule has 106 valence electrons. The molecule has 3 nitrogen and oxygen atoms in total. The largest absolute Gasteiger partial charge is 1.00 e. The summed E-state index contributed by atoms with van der Waals surface area (Å²) in [6, 6.07) is 14.8. The SMILES string of the molecule is C=CCc1c(S(=O)(=O)[O-])ccc2c1ccc1ccccc12.[Rb+]. The predicted octanol–water partition coefficient (Wildman–Crippen LogP) is 0.630. The zero-order valence-electron chi connectivity index (χ0n) is 12.2. The van der Waals surface area contributed by atoms with E-state index < -0.39 is 10.1 Å². The monoisotopic (exact) mass is 382 g/mol. The summed E-state index contributed by atoms with van der Waals surface area (Å²) < 4.78 is 34.3. The molecule has 0 N–H and O–H groups in total. The van der Waals surface area contributed by atoms with Crippen LogP contribution >= 0.6 is 0 Å². The third-order valence-electron chi connectivity index (χ3n) is 3.61. The van der Waals surface area contributed by atoms with Crippen LogP contribution in [0.1, 0.15) is 5.56 Å². The average molecular weight is 383 g/mol. The smallest absolute Gasteiger partial charge is 0.744 e. The fourth-order valence-corrected chi connectivity index (χ4v) is 3.45. The molecular weight excluding hydrogens is 370 g/mol. The summed E-state index contributed by atoms with van der Waals surface area (Å²) in [6.45, 7) is 3.65. The van der Waals surface area contributed by atoms with Crippen LogP contribution in [0.25, 0.3) is 21.5 Å². The number of hydrogen-bond donors (Lipinski definition) is 0. The molecular formula is C17H13O3RbS. The van der Waals surface area contributed by atoms with Crippen molar-refractivity contribution in [3.05, 3.63) is 66.7 Å². The maximum absolute atomic E-state index is 11.4. The minimum atomic E-state index is -4.50. The average Bonchev–Trinajstić information content (AvgIpc) is 2.46. The minimum Gasteiger partial charge on any atom is -0.744 e. The van der Waals surface area contributed by atoms with Crippen molar-refractivity contribution >= 4 is 31.7 Å². The molecule has 0 bridgehead atoms. The van der Waals surface area contributed by atoms with Crippen LogP contribution in [0, 0.1) is 0 Å². The second kappa shape index (κ2) is 7.03. The summed E-state index contributed by atoms with van der Waals surface area (Å²) in [5.74, 6) is 0. The van der Waals surface area contributed by atoms with Gasteiger partial charge in [0.25, 0.3) is 0 Å². The first kappa shape index (κ1) is 18.0. The van der Waals surface area contributed by atoms with Gasteiger partial charge >= 0.3 is 58.2 Å². The van der Waals surface area contributed by atoms with Gasteiger partial charge in [0.05, 0.1) is 4.90 Å². The molecule has 0 spiro atoms. The second-order valence-corrected chi connectivity index (χ2v) is 6.22. The van der Waals surface area contributed by atoms with E-state index in [2.05, 4.69) is 6.58 Å². The zero-order chi connectivity index (χ0) is 15.0. The minimum absolute atomic E-state index is 0. The van der Waals surface area contributed by atoms with Crippen LogP contribution in [0.15, 0.2) is 66.1 Å². The predicted molar refractivity (Wildman–Crippen MR) is 83.3 cm³/mol. The van der Waals surface area contributed by atoms with Gasteiger partial charge in [0.2, 0.25) is 0 Å². The summed E-state index contributed by atoms with van der Waals surface area (Å²) in [7, 11) is -4.50. The topological polar surface area (TPSA) is 57.2 Å². The molecule has 3 rings (SSSR count). The molecule has 0 saturated carbocycles. The van der Waals surface area contributed by atoms with E-state index in [0.717, 1.165) is 21.5 Å². The fraction of sp³-hybridized carbons (Fsp3) is 0.0588. The fourth-order valence-electron chi connectivity index (χ4n) is 2.72. The van der Waals surface area contributed by atoms with E-state index in [-0.39, 0.29) is 63.1 Å².